The molecule has 0 radical (unpaired) electrons. The fraction of sp³-hybridized carbons (Fsp3) is 0.333. The zero-order valence-electron chi connectivity index (χ0n) is 11.8. The van der Waals surface area contributed by atoms with Crippen molar-refractivity contribution in [2.24, 2.45) is 0 Å². The van der Waals surface area contributed by atoms with Crippen LogP contribution in [-0.2, 0) is 4.74 Å². The van der Waals surface area contributed by atoms with Gasteiger partial charge in [-0.3, -0.25) is 4.79 Å². The first kappa shape index (κ1) is 13.6. The fourth-order valence-corrected chi connectivity index (χ4v) is 2.25. The number of carbonyl (C=O) groups is 1. The van der Waals surface area contributed by atoms with Crippen LogP contribution in [0, 0.1) is 6.92 Å². The Morgan fingerprint density at radius 1 is 1.29 bits per heavy atom. The number of nitrogens with zero attached hydrogens (tertiary/aromatic N) is 2. The predicted molar refractivity (Wildman–Crippen MR) is 78.7 cm³/mol. The minimum atomic E-state index is -0.288. The van der Waals surface area contributed by atoms with Crippen LogP contribution in [0.2, 0.25) is 0 Å². The molecule has 3 heterocycles. The fourth-order valence-electron chi connectivity index (χ4n) is 2.25. The lowest BCUT2D eigenvalue weighted by atomic mass is 10.2. The average Bonchev–Trinajstić information content (AvgIpc) is 2.95. The number of pyridine rings is 1. The lowest BCUT2D eigenvalue weighted by molar-refractivity contribution is 0.0995. The van der Waals surface area contributed by atoms with Crippen LogP contribution in [0.1, 0.15) is 16.1 Å². The number of rotatable bonds is 3. The van der Waals surface area contributed by atoms with Gasteiger partial charge in [0.15, 0.2) is 5.76 Å². The molecule has 1 amide bonds. The number of hydrogen-bond acceptors (Lipinski definition) is 5. The first-order valence-corrected chi connectivity index (χ1v) is 6.88. The summed E-state index contributed by atoms with van der Waals surface area (Å²) in [7, 11) is 0. The van der Waals surface area contributed by atoms with Gasteiger partial charge in [-0.1, -0.05) is 0 Å². The molecule has 3 rings (SSSR count). The zero-order chi connectivity index (χ0) is 14.7. The van der Waals surface area contributed by atoms with Crippen LogP contribution in [0.3, 0.4) is 0 Å². The first-order valence-electron chi connectivity index (χ1n) is 6.88. The quantitative estimate of drug-likeness (QED) is 0.936. The lowest BCUT2D eigenvalue weighted by Crippen LogP contribution is -2.36. The average molecular weight is 287 g/mol. The maximum Gasteiger partial charge on any atom is 0.292 e. The SMILES string of the molecule is Cc1ccoc1C(=O)Nc1ccc(N2CCOCC2)cn1. The van der Waals surface area contributed by atoms with Gasteiger partial charge in [0.2, 0.25) is 0 Å². The Balaban J connectivity index is 1.67. The minimum absolute atomic E-state index is 0.288. The van der Waals surface area contributed by atoms with E-state index in [4.69, 9.17) is 9.15 Å². The summed E-state index contributed by atoms with van der Waals surface area (Å²) in [5.41, 5.74) is 1.84. The van der Waals surface area contributed by atoms with E-state index in [1.54, 1.807) is 18.3 Å². The van der Waals surface area contributed by atoms with Crippen LogP contribution in [0.25, 0.3) is 0 Å². The van der Waals surface area contributed by atoms with Crippen molar-refractivity contribution >= 4 is 17.4 Å². The van der Waals surface area contributed by atoms with Gasteiger partial charge >= 0.3 is 0 Å². The van der Waals surface area contributed by atoms with Crippen molar-refractivity contribution in [3.63, 3.8) is 0 Å². The summed E-state index contributed by atoms with van der Waals surface area (Å²) in [6.07, 6.45) is 3.26. The molecular formula is C15H17N3O3. The molecule has 0 unspecified atom stereocenters. The molecule has 1 aliphatic heterocycles. The summed E-state index contributed by atoms with van der Waals surface area (Å²) < 4.78 is 10.5. The Hall–Kier alpha value is -2.34. The molecule has 1 aliphatic rings. The molecular weight excluding hydrogens is 270 g/mol. The van der Waals surface area contributed by atoms with E-state index in [2.05, 4.69) is 15.2 Å². The number of nitrogens with one attached hydrogen (secondary N) is 1. The molecule has 0 aliphatic carbocycles. The third-order valence-corrected chi connectivity index (χ3v) is 3.43. The molecule has 6 heteroatoms. The third-order valence-electron chi connectivity index (χ3n) is 3.43. The topological polar surface area (TPSA) is 67.6 Å². The highest BCUT2D eigenvalue weighted by atomic mass is 16.5. The molecule has 0 aromatic carbocycles. The Morgan fingerprint density at radius 3 is 2.71 bits per heavy atom. The van der Waals surface area contributed by atoms with Crippen molar-refractivity contribution in [1.29, 1.82) is 0 Å². The van der Waals surface area contributed by atoms with Gasteiger partial charge in [-0.2, -0.15) is 0 Å². The molecule has 110 valence electrons. The molecule has 1 saturated heterocycles. The van der Waals surface area contributed by atoms with E-state index in [9.17, 15) is 4.79 Å². The van der Waals surface area contributed by atoms with Gasteiger partial charge in [0, 0.05) is 18.7 Å². The van der Waals surface area contributed by atoms with Crippen LogP contribution in [0.4, 0.5) is 11.5 Å². The van der Waals surface area contributed by atoms with Crippen LogP contribution >= 0.6 is 0 Å². The molecule has 1 fully saturated rings. The summed E-state index contributed by atoms with van der Waals surface area (Å²) in [5, 5.41) is 2.73. The number of amides is 1. The second-order valence-electron chi connectivity index (χ2n) is 4.89. The second-order valence-corrected chi connectivity index (χ2v) is 4.89. The summed E-state index contributed by atoms with van der Waals surface area (Å²) in [5.74, 6) is 0.533. The van der Waals surface area contributed by atoms with Gasteiger partial charge in [0.1, 0.15) is 5.82 Å². The summed E-state index contributed by atoms with van der Waals surface area (Å²) in [6.45, 7) is 5.01. The minimum Gasteiger partial charge on any atom is -0.459 e. The van der Waals surface area contributed by atoms with E-state index < -0.39 is 0 Å². The number of morpholine rings is 1. The highest BCUT2D eigenvalue weighted by Gasteiger charge is 2.14. The van der Waals surface area contributed by atoms with E-state index in [0.717, 1.165) is 37.6 Å². The van der Waals surface area contributed by atoms with Gasteiger partial charge in [-0.05, 0) is 25.1 Å². The van der Waals surface area contributed by atoms with Crippen LogP contribution in [0.5, 0.6) is 0 Å². The normalized spacial score (nSPS) is 15.0. The van der Waals surface area contributed by atoms with Crippen LogP contribution < -0.4 is 10.2 Å². The molecule has 6 nitrogen and oxygen atoms in total. The number of furan rings is 1. The Kier molecular flexibility index (Phi) is 3.87. The van der Waals surface area contributed by atoms with Crippen molar-refractivity contribution < 1.29 is 13.9 Å². The Bertz CT molecular complexity index is 615. The Morgan fingerprint density at radius 2 is 2.10 bits per heavy atom. The number of aromatic nitrogens is 1. The summed E-state index contributed by atoms with van der Waals surface area (Å²) in [6, 6.07) is 5.49. The van der Waals surface area contributed by atoms with E-state index in [0.29, 0.717) is 11.6 Å². The molecule has 21 heavy (non-hydrogen) atoms. The number of aryl methyl sites for hydroxylation is 1. The van der Waals surface area contributed by atoms with Gasteiger partial charge in [0.25, 0.3) is 5.91 Å². The van der Waals surface area contributed by atoms with E-state index in [1.165, 1.54) is 6.26 Å². The van der Waals surface area contributed by atoms with Crippen molar-refractivity contribution in [1.82, 2.24) is 4.98 Å². The predicted octanol–water partition coefficient (Wildman–Crippen LogP) is 2.07. The van der Waals surface area contributed by atoms with Crippen molar-refractivity contribution in [2.45, 2.75) is 6.92 Å². The van der Waals surface area contributed by atoms with Crippen molar-refractivity contribution in [3.8, 4) is 0 Å². The highest BCUT2D eigenvalue weighted by molar-refractivity contribution is 6.02. The Labute approximate surface area is 122 Å². The van der Waals surface area contributed by atoms with Crippen LogP contribution in [0.15, 0.2) is 35.1 Å². The van der Waals surface area contributed by atoms with Gasteiger partial charge in [-0.25, -0.2) is 4.98 Å². The maximum atomic E-state index is 12.0. The zero-order valence-corrected chi connectivity index (χ0v) is 11.8. The van der Waals surface area contributed by atoms with E-state index in [-0.39, 0.29) is 5.91 Å². The van der Waals surface area contributed by atoms with Crippen LogP contribution in [-0.4, -0.2) is 37.2 Å². The van der Waals surface area contributed by atoms with Gasteiger partial charge in [-0.15, -0.1) is 0 Å². The standard InChI is InChI=1S/C15H17N3O3/c1-11-4-7-21-14(11)15(19)17-13-3-2-12(10-16-13)18-5-8-20-9-6-18/h2-4,7,10H,5-6,8-9H2,1H3,(H,16,17,19). The summed E-state index contributed by atoms with van der Waals surface area (Å²) in [4.78, 5) is 18.5. The molecule has 0 spiro atoms. The maximum absolute atomic E-state index is 12.0. The monoisotopic (exact) mass is 287 g/mol. The lowest BCUT2D eigenvalue weighted by Gasteiger charge is -2.28. The second kappa shape index (κ2) is 5.97. The first-order chi connectivity index (χ1) is 10.2. The molecule has 0 atom stereocenters. The number of anilines is 2. The van der Waals surface area contributed by atoms with E-state index >= 15 is 0 Å². The molecule has 0 bridgehead atoms. The smallest absolute Gasteiger partial charge is 0.292 e. The number of ether oxygens (including phenoxy) is 1. The van der Waals surface area contributed by atoms with Gasteiger partial charge < -0.3 is 19.4 Å². The van der Waals surface area contributed by atoms with Gasteiger partial charge in [0.05, 0.1) is 31.4 Å². The molecule has 2 aromatic rings. The number of carbonyl (C=O) groups excluding carboxylic acids is 1. The largest absolute Gasteiger partial charge is 0.459 e. The molecule has 0 saturated carbocycles. The molecule has 1 N–H and O–H groups in total. The highest BCUT2D eigenvalue weighted by Crippen LogP contribution is 2.17. The number of hydrogen-bond donors (Lipinski definition) is 1. The van der Waals surface area contributed by atoms with Crippen molar-refractivity contribution in [2.75, 3.05) is 36.5 Å². The summed E-state index contributed by atoms with van der Waals surface area (Å²) >= 11 is 0. The molecule has 2 aromatic heterocycles. The van der Waals surface area contributed by atoms with E-state index in [1.807, 2.05) is 13.0 Å². The van der Waals surface area contributed by atoms with Crippen molar-refractivity contribution in [3.05, 3.63) is 42.0 Å². The third kappa shape index (κ3) is 3.05.